The second kappa shape index (κ2) is 7.24. The Morgan fingerprint density at radius 2 is 1.95 bits per heavy atom. The molecule has 0 aromatic rings. The maximum Gasteiger partial charge on any atom is 0.0702 e. The number of hydrogen-bond donors (Lipinski definition) is 1. The highest BCUT2D eigenvalue weighted by Crippen LogP contribution is 2.40. The first-order valence-electron chi connectivity index (χ1n) is 8.68. The van der Waals surface area contributed by atoms with Gasteiger partial charge in [0.05, 0.1) is 6.10 Å². The standard InChI is InChI=1S/C17H34N2O/c1-4-20-16-6-5-11-19(12-16)17(13-18)9-7-15(8-10-17)14(2)3/h14-16H,4-13,18H2,1-3H3. The van der Waals surface area contributed by atoms with Crippen LogP contribution in [0.4, 0.5) is 0 Å². The lowest BCUT2D eigenvalue weighted by Crippen LogP contribution is -2.59. The second-order valence-electron chi connectivity index (χ2n) is 7.18. The molecule has 2 fully saturated rings. The van der Waals surface area contributed by atoms with Gasteiger partial charge in [0.2, 0.25) is 0 Å². The van der Waals surface area contributed by atoms with E-state index in [0.717, 1.165) is 31.5 Å². The van der Waals surface area contributed by atoms with Crippen molar-refractivity contribution in [2.24, 2.45) is 17.6 Å². The SMILES string of the molecule is CCOC1CCCN(C2(CN)CCC(C(C)C)CC2)C1. The summed E-state index contributed by atoms with van der Waals surface area (Å²) in [6, 6.07) is 0. The van der Waals surface area contributed by atoms with Gasteiger partial charge >= 0.3 is 0 Å². The minimum absolute atomic E-state index is 0.265. The molecule has 3 nitrogen and oxygen atoms in total. The summed E-state index contributed by atoms with van der Waals surface area (Å²) in [7, 11) is 0. The molecule has 1 saturated carbocycles. The van der Waals surface area contributed by atoms with Crippen LogP contribution in [0.5, 0.6) is 0 Å². The number of hydrogen-bond acceptors (Lipinski definition) is 3. The summed E-state index contributed by atoms with van der Waals surface area (Å²) in [4.78, 5) is 2.67. The van der Waals surface area contributed by atoms with E-state index in [1.165, 1.54) is 45.1 Å². The molecular weight excluding hydrogens is 248 g/mol. The molecule has 0 spiro atoms. The van der Waals surface area contributed by atoms with Gasteiger partial charge in [-0.2, -0.15) is 0 Å². The van der Waals surface area contributed by atoms with Crippen molar-refractivity contribution in [3.05, 3.63) is 0 Å². The van der Waals surface area contributed by atoms with Crippen LogP contribution in [0, 0.1) is 11.8 Å². The fraction of sp³-hybridized carbons (Fsp3) is 1.00. The zero-order valence-electron chi connectivity index (χ0n) is 13.7. The van der Waals surface area contributed by atoms with Crippen LogP contribution >= 0.6 is 0 Å². The Bertz CT molecular complexity index is 283. The van der Waals surface area contributed by atoms with Crippen molar-refractivity contribution in [1.29, 1.82) is 0 Å². The molecule has 1 atom stereocenters. The average Bonchev–Trinajstić information content (AvgIpc) is 2.48. The summed E-state index contributed by atoms with van der Waals surface area (Å²) in [6.45, 7) is 10.8. The predicted molar refractivity (Wildman–Crippen MR) is 84.8 cm³/mol. The Labute approximate surface area is 125 Å². The van der Waals surface area contributed by atoms with Crippen molar-refractivity contribution < 1.29 is 4.74 Å². The van der Waals surface area contributed by atoms with E-state index < -0.39 is 0 Å². The minimum Gasteiger partial charge on any atom is -0.377 e. The molecule has 0 aromatic carbocycles. The summed E-state index contributed by atoms with van der Waals surface area (Å²) in [5.41, 5.74) is 6.49. The molecule has 1 unspecified atom stereocenters. The summed E-state index contributed by atoms with van der Waals surface area (Å²) in [6.07, 6.45) is 8.19. The van der Waals surface area contributed by atoms with Crippen LogP contribution in [0.2, 0.25) is 0 Å². The van der Waals surface area contributed by atoms with E-state index in [9.17, 15) is 0 Å². The topological polar surface area (TPSA) is 38.5 Å². The van der Waals surface area contributed by atoms with E-state index in [4.69, 9.17) is 10.5 Å². The van der Waals surface area contributed by atoms with E-state index in [1.54, 1.807) is 0 Å². The first-order chi connectivity index (χ1) is 9.61. The van der Waals surface area contributed by atoms with Crippen LogP contribution in [0.3, 0.4) is 0 Å². The van der Waals surface area contributed by atoms with Crippen LogP contribution < -0.4 is 5.73 Å². The summed E-state index contributed by atoms with van der Waals surface area (Å²) < 4.78 is 5.87. The van der Waals surface area contributed by atoms with Gasteiger partial charge in [0.25, 0.3) is 0 Å². The summed E-state index contributed by atoms with van der Waals surface area (Å²) in [5, 5.41) is 0. The van der Waals surface area contributed by atoms with Crippen LogP contribution in [0.1, 0.15) is 59.3 Å². The zero-order valence-corrected chi connectivity index (χ0v) is 13.7. The average molecular weight is 282 g/mol. The minimum atomic E-state index is 0.265. The molecule has 2 aliphatic rings. The maximum absolute atomic E-state index is 6.23. The molecule has 3 heteroatoms. The maximum atomic E-state index is 6.23. The van der Waals surface area contributed by atoms with Crippen molar-refractivity contribution in [2.75, 3.05) is 26.2 Å². The van der Waals surface area contributed by atoms with Crippen molar-refractivity contribution in [1.82, 2.24) is 4.90 Å². The number of likely N-dealkylation sites (tertiary alicyclic amines) is 1. The van der Waals surface area contributed by atoms with Crippen molar-refractivity contribution in [3.8, 4) is 0 Å². The Kier molecular flexibility index (Phi) is 5.88. The number of ether oxygens (including phenoxy) is 1. The Morgan fingerprint density at radius 3 is 2.50 bits per heavy atom. The third kappa shape index (κ3) is 3.55. The lowest BCUT2D eigenvalue weighted by molar-refractivity contribution is -0.0492. The van der Waals surface area contributed by atoms with Crippen molar-refractivity contribution in [2.45, 2.75) is 70.9 Å². The van der Waals surface area contributed by atoms with E-state index >= 15 is 0 Å². The number of piperidine rings is 1. The molecular formula is C17H34N2O. The van der Waals surface area contributed by atoms with Gasteiger partial charge in [0, 0.05) is 25.2 Å². The van der Waals surface area contributed by atoms with Crippen molar-refractivity contribution in [3.63, 3.8) is 0 Å². The molecule has 20 heavy (non-hydrogen) atoms. The van der Waals surface area contributed by atoms with Gasteiger partial charge in [-0.1, -0.05) is 13.8 Å². The zero-order chi connectivity index (χ0) is 14.6. The highest BCUT2D eigenvalue weighted by molar-refractivity contribution is 4.98. The van der Waals surface area contributed by atoms with Crippen LogP contribution in [0.25, 0.3) is 0 Å². The molecule has 0 amide bonds. The highest BCUT2D eigenvalue weighted by atomic mass is 16.5. The van der Waals surface area contributed by atoms with Gasteiger partial charge in [-0.05, 0) is 63.8 Å². The Hall–Kier alpha value is -0.120. The molecule has 0 aromatic heterocycles. The molecule has 118 valence electrons. The van der Waals surface area contributed by atoms with Gasteiger partial charge in [0.15, 0.2) is 0 Å². The first kappa shape index (κ1) is 16.3. The molecule has 1 aliphatic carbocycles. The van der Waals surface area contributed by atoms with Gasteiger partial charge in [-0.25, -0.2) is 0 Å². The van der Waals surface area contributed by atoms with E-state index in [-0.39, 0.29) is 5.54 Å². The lowest BCUT2D eigenvalue weighted by atomic mass is 9.71. The molecule has 0 bridgehead atoms. The van der Waals surface area contributed by atoms with Crippen molar-refractivity contribution >= 4 is 0 Å². The smallest absolute Gasteiger partial charge is 0.0702 e. The lowest BCUT2D eigenvalue weighted by Gasteiger charge is -2.50. The fourth-order valence-electron chi connectivity index (χ4n) is 4.23. The molecule has 0 radical (unpaired) electrons. The van der Waals surface area contributed by atoms with Gasteiger partial charge in [-0.15, -0.1) is 0 Å². The molecule has 2 rings (SSSR count). The third-order valence-corrected chi connectivity index (χ3v) is 5.74. The molecule has 1 saturated heterocycles. The quantitative estimate of drug-likeness (QED) is 0.842. The van der Waals surface area contributed by atoms with Crippen LogP contribution in [0.15, 0.2) is 0 Å². The van der Waals surface area contributed by atoms with E-state index in [0.29, 0.717) is 6.10 Å². The van der Waals surface area contributed by atoms with Gasteiger partial charge in [-0.3, -0.25) is 4.90 Å². The third-order valence-electron chi connectivity index (χ3n) is 5.74. The fourth-order valence-corrected chi connectivity index (χ4v) is 4.23. The first-order valence-corrected chi connectivity index (χ1v) is 8.68. The van der Waals surface area contributed by atoms with E-state index in [1.807, 2.05) is 0 Å². The summed E-state index contributed by atoms with van der Waals surface area (Å²) >= 11 is 0. The normalized spacial score (nSPS) is 36.5. The van der Waals surface area contributed by atoms with Crippen LogP contribution in [-0.2, 0) is 4.74 Å². The molecule has 1 heterocycles. The highest BCUT2D eigenvalue weighted by Gasteiger charge is 2.41. The summed E-state index contributed by atoms with van der Waals surface area (Å²) in [5.74, 6) is 1.73. The largest absolute Gasteiger partial charge is 0.377 e. The van der Waals surface area contributed by atoms with Crippen LogP contribution in [-0.4, -0.2) is 42.8 Å². The predicted octanol–water partition coefficient (Wildman–Crippen LogP) is 3.03. The van der Waals surface area contributed by atoms with E-state index in [2.05, 4.69) is 25.7 Å². The van der Waals surface area contributed by atoms with Gasteiger partial charge in [0.1, 0.15) is 0 Å². The molecule has 1 aliphatic heterocycles. The molecule has 2 N–H and O–H groups in total. The Morgan fingerprint density at radius 1 is 1.25 bits per heavy atom. The van der Waals surface area contributed by atoms with Gasteiger partial charge < -0.3 is 10.5 Å². The monoisotopic (exact) mass is 282 g/mol. The number of nitrogens with two attached hydrogens (primary N) is 1. The number of rotatable bonds is 5. The Balaban J connectivity index is 1.97. The second-order valence-corrected chi connectivity index (χ2v) is 7.18. The number of nitrogens with zero attached hydrogens (tertiary/aromatic N) is 1.